The Kier molecular flexibility index (Phi) is 4.23. The summed E-state index contributed by atoms with van der Waals surface area (Å²) in [7, 11) is 0. The number of alkyl halides is 1. The summed E-state index contributed by atoms with van der Waals surface area (Å²) in [5.74, 6) is -0.364. The van der Waals surface area contributed by atoms with Crippen LogP contribution in [0, 0.1) is 12.7 Å². The predicted octanol–water partition coefficient (Wildman–Crippen LogP) is 3.43. The van der Waals surface area contributed by atoms with Crippen molar-refractivity contribution in [3.63, 3.8) is 0 Å². The zero-order valence-corrected chi connectivity index (χ0v) is 11.2. The molecule has 0 N–H and O–H groups in total. The smallest absolute Gasteiger partial charge is 0.245 e. The molecule has 2 nitrogen and oxygen atoms in total. The molecule has 1 fully saturated rings. The summed E-state index contributed by atoms with van der Waals surface area (Å²) in [4.78, 5) is 14.0. The number of piperidine rings is 1. The fraction of sp³-hybridized carbons (Fsp3) is 0.500. The third kappa shape index (κ3) is 2.83. The summed E-state index contributed by atoms with van der Waals surface area (Å²) in [5.41, 5.74) is 1.42. The lowest BCUT2D eigenvalue weighted by molar-refractivity contribution is -0.131. The first-order chi connectivity index (χ1) is 8.59. The maximum Gasteiger partial charge on any atom is 0.245 e. The van der Waals surface area contributed by atoms with E-state index < -0.39 is 5.38 Å². The third-order valence-electron chi connectivity index (χ3n) is 3.39. The number of rotatable bonds is 2. The molecule has 0 bridgehead atoms. The molecule has 2 rings (SSSR count). The second kappa shape index (κ2) is 5.70. The number of benzene rings is 1. The van der Waals surface area contributed by atoms with Crippen molar-refractivity contribution in [1.29, 1.82) is 0 Å². The van der Waals surface area contributed by atoms with Crippen molar-refractivity contribution in [3.05, 3.63) is 35.1 Å². The Morgan fingerprint density at radius 2 is 2.00 bits per heavy atom. The first kappa shape index (κ1) is 13.3. The van der Waals surface area contributed by atoms with Gasteiger partial charge in [0.25, 0.3) is 0 Å². The van der Waals surface area contributed by atoms with Crippen LogP contribution in [0.5, 0.6) is 0 Å². The lowest BCUT2D eigenvalue weighted by Crippen LogP contribution is -2.37. The van der Waals surface area contributed by atoms with Crippen molar-refractivity contribution in [3.8, 4) is 0 Å². The molecule has 0 aromatic heterocycles. The molecule has 1 aliphatic rings. The molecule has 1 aliphatic heterocycles. The molecule has 1 amide bonds. The maximum absolute atomic E-state index is 13.0. The highest BCUT2D eigenvalue weighted by Crippen LogP contribution is 2.27. The SMILES string of the molecule is Cc1cc(F)ccc1C(Cl)C(=O)N1CCCCC1. The number of hydrogen-bond acceptors (Lipinski definition) is 1. The number of hydrogen-bond donors (Lipinski definition) is 0. The average molecular weight is 270 g/mol. The highest BCUT2D eigenvalue weighted by Gasteiger charge is 2.26. The van der Waals surface area contributed by atoms with Crippen molar-refractivity contribution < 1.29 is 9.18 Å². The van der Waals surface area contributed by atoms with Crippen LogP contribution in [0.4, 0.5) is 4.39 Å². The fourth-order valence-corrected chi connectivity index (χ4v) is 2.71. The Morgan fingerprint density at radius 1 is 1.33 bits per heavy atom. The average Bonchev–Trinajstić information content (AvgIpc) is 2.38. The molecular weight excluding hydrogens is 253 g/mol. The Bertz CT molecular complexity index is 443. The summed E-state index contributed by atoms with van der Waals surface area (Å²) < 4.78 is 13.0. The number of halogens is 2. The lowest BCUT2D eigenvalue weighted by Gasteiger charge is -2.29. The van der Waals surface area contributed by atoms with E-state index >= 15 is 0 Å². The molecule has 1 aromatic rings. The van der Waals surface area contributed by atoms with Crippen molar-refractivity contribution in [2.75, 3.05) is 13.1 Å². The van der Waals surface area contributed by atoms with Crippen LogP contribution < -0.4 is 0 Å². The second-order valence-corrected chi connectivity index (χ2v) is 5.19. The molecule has 18 heavy (non-hydrogen) atoms. The Labute approximate surface area is 112 Å². The molecule has 1 unspecified atom stereocenters. The molecule has 1 aromatic carbocycles. The van der Waals surface area contributed by atoms with Crippen LogP contribution in [-0.2, 0) is 4.79 Å². The zero-order valence-electron chi connectivity index (χ0n) is 10.5. The first-order valence-corrected chi connectivity index (χ1v) is 6.72. The van der Waals surface area contributed by atoms with Gasteiger partial charge in [-0.05, 0) is 49.4 Å². The van der Waals surface area contributed by atoms with E-state index in [-0.39, 0.29) is 11.7 Å². The predicted molar refractivity (Wildman–Crippen MR) is 70.2 cm³/mol. The van der Waals surface area contributed by atoms with Crippen LogP contribution in [0.1, 0.15) is 35.8 Å². The van der Waals surface area contributed by atoms with Gasteiger partial charge in [0.2, 0.25) is 5.91 Å². The second-order valence-electron chi connectivity index (χ2n) is 4.75. The quantitative estimate of drug-likeness (QED) is 0.754. The van der Waals surface area contributed by atoms with Gasteiger partial charge in [0, 0.05) is 13.1 Å². The number of carbonyl (C=O) groups is 1. The third-order valence-corrected chi connectivity index (χ3v) is 3.81. The summed E-state index contributed by atoms with van der Waals surface area (Å²) >= 11 is 6.23. The van der Waals surface area contributed by atoms with Gasteiger partial charge in [-0.15, -0.1) is 11.6 Å². The minimum absolute atomic E-state index is 0.0638. The van der Waals surface area contributed by atoms with Gasteiger partial charge in [-0.1, -0.05) is 6.07 Å². The van der Waals surface area contributed by atoms with Crippen LogP contribution in [0.15, 0.2) is 18.2 Å². The van der Waals surface area contributed by atoms with Gasteiger partial charge in [0.15, 0.2) is 0 Å². The van der Waals surface area contributed by atoms with Crippen LogP contribution in [0.25, 0.3) is 0 Å². The number of aryl methyl sites for hydroxylation is 1. The maximum atomic E-state index is 13.0. The van der Waals surface area contributed by atoms with Gasteiger partial charge >= 0.3 is 0 Å². The Hall–Kier alpha value is -1.09. The molecule has 98 valence electrons. The largest absolute Gasteiger partial charge is 0.341 e. The van der Waals surface area contributed by atoms with E-state index in [1.165, 1.54) is 18.6 Å². The van der Waals surface area contributed by atoms with Crippen LogP contribution in [-0.4, -0.2) is 23.9 Å². The number of nitrogens with zero attached hydrogens (tertiary/aromatic N) is 1. The summed E-state index contributed by atoms with van der Waals surface area (Å²) in [6.07, 6.45) is 3.25. The highest BCUT2D eigenvalue weighted by atomic mass is 35.5. The van der Waals surface area contributed by atoms with Gasteiger partial charge in [-0.25, -0.2) is 4.39 Å². The molecule has 0 spiro atoms. The van der Waals surface area contributed by atoms with Crippen LogP contribution in [0.3, 0.4) is 0 Å². The lowest BCUT2D eigenvalue weighted by atomic mass is 10.0. The van der Waals surface area contributed by atoms with Crippen molar-refractivity contribution in [2.45, 2.75) is 31.6 Å². The van der Waals surface area contributed by atoms with Gasteiger partial charge < -0.3 is 4.90 Å². The van der Waals surface area contributed by atoms with E-state index in [0.29, 0.717) is 5.56 Å². The van der Waals surface area contributed by atoms with E-state index in [1.807, 2.05) is 4.90 Å². The number of likely N-dealkylation sites (tertiary alicyclic amines) is 1. The summed E-state index contributed by atoms with van der Waals surface area (Å²) in [5, 5.41) is -0.705. The molecule has 1 saturated heterocycles. The van der Waals surface area contributed by atoms with E-state index in [2.05, 4.69) is 0 Å². The van der Waals surface area contributed by atoms with Crippen molar-refractivity contribution in [2.24, 2.45) is 0 Å². The van der Waals surface area contributed by atoms with E-state index in [4.69, 9.17) is 11.6 Å². The summed E-state index contributed by atoms with van der Waals surface area (Å²) in [6, 6.07) is 4.36. The van der Waals surface area contributed by atoms with E-state index in [9.17, 15) is 9.18 Å². The summed E-state index contributed by atoms with van der Waals surface area (Å²) in [6.45, 7) is 3.34. The van der Waals surface area contributed by atoms with E-state index in [1.54, 1.807) is 13.0 Å². The van der Waals surface area contributed by atoms with Crippen molar-refractivity contribution in [1.82, 2.24) is 4.90 Å². The highest BCUT2D eigenvalue weighted by molar-refractivity contribution is 6.30. The number of amides is 1. The molecular formula is C14H17ClFNO. The van der Waals surface area contributed by atoms with Crippen LogP contribution in [0.2, 0.25) is 0 Å². The fourth-order valence-electron chi connectivity index (χ4n) is 2.33. The molecule has 0 saturated carbocycles. The van der Waals surface area contributed by atoms with Gasteiger partial charge in [-0.2, -0.15) is 0 Å². The van der Waals surface area contributed by atoms with Gasteiger partial charge in [-0.3, -0.25) is 4.79 Å². The molecule has 1 atom stereocenters. The monoisotopic (exact) mass is 269 g/mol. The minimum Gasteiger partial charge on any atom is -0.341 e. The minimum atomic E-state index is -0.705. The molecule has 0 aliphatic carbocycles. The van der Waals surface area contributed by atoms with Crippen LogP contribution >= 0.6 is 11.6 Å². The van der Waals surface area contributed by atoms with Gasteiger partial charge in [0.05, 0.1) is 0 Å². The van der Waals surface area contributed by atoms with Gasteiger partial charge in [0.1, 0.15) is 11.2 Å². The van der Waals surface area contributed by atoms with Crippen molar-refractivity contribution >= 4 is 17.5 Å². The number of carbonyl (C=O) groups excluding carboxylic acids is 1. The Morgan fingerprint density at radius 3 is 2.61 bits per heavy atom. The zero-order chi connectivity index (χ0) is 13.1. The normalized spacial score (nSPS) is 17.6. The molecule has 4 heteroatoms. The molecule has 1 heterocycles. The topological polar surface area (TPSA) is 20.3 Å². The molecule has 0 radical (unpaired) electrons. The standard InChI is InChI=1S/C14H17ClFNO/c1-10-9-11(16)5-6-12(10)13(15)14(18)17-7-3-2-4-8-17/h5-6,9,13H,2-4,7-8H2,1H3. The first-order valence-electron chi connectivity index (χ1n) is 6.28. The van der Waals surface area contributed by atoms with E-state index in [0.717, 1.165) is 31.5 Å². The Balaban J connectivity index is 2.14.